The van der Waals surface area contributed by atoms with E-state index in [2.05, 4.69) is 22.4 Å². The number of amides is 1. The van der Waals surface area contributed by atoms with Crippen molar-refractivity contribution in [3.05, 3.63) is 41.4 Å². The smallest absolute Gasteiger partial charge is 0.226 e. The van der Waals surface area contributed by atoms with Gasteiger partial charge in [-0.25, -0.2) is 4.98 Å². The summed E-state index contributed by atoms with van der Waals surface area (Å²) in [5.41, 5.74) is 1.02. The minimum Gasteiger partial charge on any atom is -0.302 e. The van der Waals surface area contributed by atoms with Crippen LogP contribution in [0.4, 0.5) is 5.13 Å². The van der Waals surface area contributed by atoms with Crippen LogP contribution < -0.4 is 5.32 Å². The molecule has 3 nitrogen and oxygen atoms in total. The fraction of sp³-hybridized carbons (Fsp3) is 0.474. The Morgan fingerprint density at radius 3 is 2.79 bits per heavy atom. The first-order valence-corrected chi connectivity index (χ1v) is 10.6. The Hall–Kier alpha value is -1.33. The van der Waals surface area contributed by atoms with Crippen molar-refractivity contribution in [1.29, 1.82) is 0 Å². The summed E-state index contributed by atoms with van der Waals surface area (Å²) < 4.78 is 0. The third kappa shape index (κ3) is 5.64. The monoisotopic (exact) mass is 360 g/mol. The summed E-state index contributed by atoms with van der Waals surface area (Å²) in [5, 5.41) is 5.72. The van der Waals surface area contributed by atoms with Crippen molar-refractivity contribution < 1.29 is 4.79 Å². The van der Waals surface area contributed by atoms with Crippen LogP contribution in [0.15, 0.2) is 40.6 Å². The Morgan fingerprint density at radius 1 is 1.21 bits per heavy atom. The van der Waals surface area contributed by atoms with Gasteiger partial charge >= 0.3 is 0 Å². The number of nitrogens with zero attached hydrogens (tertiary/aromatic N) is 1. The Bertz CT molecular complexity index is 636. The average molecular weight is 361 g/mol. The summed E-state index contributed by atoms with van der Waals surface area (Å²) in [5.74, 6) is 1.69. The second-order valence-corrected chi connectivity index (χ2v) is 8.24. The van der Waals surface area contributed by atoms with Crippen molar-refractivity contribution in [2.24, 2.45) is 5.92 Å². The van der Waals surface area contributed by atoms with E-state index < -0.39 is 0 Å². The molecule has 1 heterocycles. The number of carbonyl (C=O) groups excluding carboxylic acids is 1. The van der Waals surface area contributed by atoms with Gasteiger partial charge < -0.3 is 5.32 Å². The van der Waals surface area contributed by atoms with Crippen molar-refractivity contribution >= 4 is 34.1 Å². The van der Waals surface area contributed by atoms with Gasteiger partial charge in [0, 0.05) is 22.4 Å². The number of thioether (sulfide) groups is 1. The van der Waals surface area contributed by atoms with Crippen LogP contribution in [0.25, 0.3) is 0 Å². The molecule has 1 fully saturated rings. The molecule has 1 saturated carbocycles. The summed E-state index contributed by atoms with van der Waals surface area (Å²) in [6, 6.07) is 10.3. The van der Waals surface area contributed by atoms with Gasteiger partial charge in [0.1, 0.15) is 0 Å². The topological polar surface area (TPSA) is 42.0 Å². The maximum Gasteiger partial charge on any atom is 0.226 e. The van der Waals surface area contributed by atoms with Gasteiger partial charge in [0.25, 0.3) is 0 Å². The first-order valence-electron chi connectivity index (χ1n) is 8.72. The number of rotatable bonds is 7. The molecule has 0 unspecified atom stereocenters. The fourth-order valence-electron chi connectivity index (χ4n) is 3.10. The van der Waals surface area contributed by atoms with Crippen LogP contribution in [0.3, 0.4) is 0 Å². The molecule has 0 saturated heterocycles. The maximum absolute atomic E-state index is 12.1. The van der Waals surface area contributed by atoms with Crippen molar-refractivity contribution in [1.82, 2.24) is 4.98 Å². The van der Waals surface area contributed by atoms with Crippen LogP contribution >= 0.6 is 23.1 Å². The standard InChI is InChI=1S/C19H24N2OS2/c22-18(12-11-15-7-3-1-4-8-15)21-19-20-16(14-24-19)13-23-17-9-5-2-6-10-17/h2,5-6,9-10,14-15H,1,3-4,7-8,11-13H2,(H,20,21,22). The first-order chi connectivity index (χ1) is 11.8. The number of hydrogen-bond donors (Lipinski definition) is 1. The Balaban J connectivity index is 1.40. The van der Waals surface area contributed by atoms with Crippen LogP contribution in [0, 0.1) is 5.92 Å². The van der Waals surface area contributed by atoms with Crippen LogP contribution in [0.1, 0.15) is 50.6 Å². The normalized spacial score (nSPS) is 15.3. The summed E-state index contributed by atoms with van der Waals surface area (Å²) in [6.07, 6.45) is 8.27. The minimum atomic E-state index is 0.109. The zero-order valence-electron chi connectivity index (χ0n) is 13.9. The van der Waals surface area contributed by atoms with E-state index in [-0.39, 0.29) is 5.91 Å². The molecule has 1 aliphatic rings. The molecule has 5 heteroatoms. The van der Waals surface area contributed by atoms with Gasteiger partial charge in [-0.05, 0) is 24.5 Å². The molecule has 1 aromatic carbocycles. The van der Waals surface area contributed by atoms with Crippen LogP contribution in [0.2, 0.25) is 0 Å². The highest BCUT2D eigenvalue weighted by Crippen LogP contribution is 2.28. The van der Waals surface area contributed by atoms with E-state index in [0.717, 1.165) is 28.9 Å². The van der Waals surface area contributed by atoms with Crippen LogP contribution in [-0.2, 0) is 10.5 Å². The minimum absolute atomic E-state index is 0.109. The highest BCUT2D eigenvalue weighted by molar-refractivity contribution is 7.98. The number of thiazole rings is 1. The van der Waals surface area contributed by atoms with E-state index in [0.29, 0.717) is 6.42 Å². The van der Waals surface area contributed by atoms with E-state index in [1.807, 2.05) is 23.6 Å². The molecular formula is C19H24N2OS2. The van der Waals surface area contributed by atoms with Crippen LogP contribution in [-0.4, -0.2) is 10.9 Å². The number of nitrogens with one attached hydrogen (secondary N) is 1. The zero-order valence-corrected chi connectivity index (χ0v) is 15.5. The predicted octanol–water partition coefficient (Wildman–Crippen LogP) is 5.73. The van der Waals surface area contributed by atoms with E-state index in [4.69, 9.17) is 0 Å². The SMILES string of the molecule is O=C(CCC1CCCCC1)Nc1nc(CSc2ccccc2)cs1. The van der Waals surface area contributed by atoms with Gasteiger partial charge in [-0.3, -0.25) is 4.79 Å². The highest BCUT2D eigenvalue weighted by Gasteiger charge is 2.15. The molecule has 3 rings (SSSR count). The summed E-state index contributed by atoms with van der Waals surface area (Å²) >= 11 is 3.28. The fourth-order valence-corrected chi connectivity index (χ4v) is 4.74. The molecular weight excluding hydrogens is 336 g/mol. The molecule has 1 N–H and O–H groups in total. The molecule has 0 spiro atoms. The van der Waals surface area contributed by atoms with Gasteiger partial charge in [0.05, 0.1) is 5.69 Å². The second-order valence-electron chi connectivity index (χ2n) is 6.34. The van der Waals surface area contributed by atoms with E-state index >= 15 is 0 Å². The van der Waals surface area contributed by atoms with Crippen molar-refractivity contribution in [3.63, 3.8) is 0 Å². The highest BCUT2D eigenvalue weighted by atomic mass is 32.2. The lowest BCUT2D eigenvalue weighted by atomic mass is 9.86. The first kappa shape index (κ1) is 17.5. The quantitative estimate of drug-likeness (QED) is 0.641. The van der Waals surface area contributed by atoms with Crippen LogP contribution in [0.5, 0.6) is 0 Å². The molecule has 1 amide bonds. The molecule has 0 atom stereocenters. The summed E-state index contributed by atoms with van der Waals surface area (Å²) in [7, 11) is 0. The average Bonchev–Trinajstić information content (AvgIpc) is 3.07. The van der Waals surface area contributed by atoms with Crippen molar-refractivity contribution in [2.45, 2.75) is 55.6 Å². The molecule has 0 aliphatic heterocycles. The van der Waals surface area contributed by atoms with Gasteiger partial charge in [-0.1, -0.05) is 50.3 Å². The van der Waals surface area contributed by atoms with Gasteiger partial charge in [-0.2, -0.15) is 0 Å². The van der Waals surface area contributed by atoms with E-state index in [1.54, 1.807) is 11.8 Å². The van der Waals surface area contributed by atoms with E-state index in [9.17, 15) is 4.79 Å². The third-order valence-corrected chi connectivity index (χ3v) is 6.28. The van der Waals surface area contributed by atoms with Gasteiger partial charge in [0.2, 0.25) is 5.91 Å². The molecule has 0 radical (unpaired) electrons. The molecule has 2 aromatic rings. The molecule has 128 valence electrons. The number of anilines is 1. The third-order valence-electron chi connectivity index (χ3n) is 4.43. The lowest BCUT2D eigenvalue weighted by molar-refractivity contribution is -0.116. The lowest BCUT2D eigenvalue weighted by Gasteiger charge is -2.20. The lowest BCUT2D eigenvalue weighted by Crippen LogP contribution is -2.14. The van der Waals surface area contributed by atoms with Gasteiger partial charge in [0.15, 0.2) is 5.13 Å². The molecule has 0 bridgehead atoms. The largest absolute Gasteiger partial charge is 0.302 e. The Morgan fingerprint density at radius 2 is 2.00 bits per heavy atom. The van der Waals surface area contributed by atoms with Crippen molar-refractivity contribution in [3.8, 4) is 0 Å². The molecule has 1 aliphatic carbocycles. The number of benzene rings is 1. The second kappa shape index (κ2) is 9.23. The molecule has 24 heavy (non-hydrogen) atoms. The Kier molecular flexibility index (Phi) is 6.73. The number of carbonyl (C=O) groups is 1. The summed E-state index contributed by atoms with van der Waals surface area (Å²) in [4.78, 5) is 17.9. The van der Waals surface area contributed by atoms with Crippen molar-refractivity contribution in [2.75, 3.05) is 5.32 Å². The maximum atomic E-state index is 12.1. The van der Waals surface area contributed by atoms with E-state index in [1.165, 1.54) is 48.3 Å². The predicted molar refractivity (Wildman–Crippen MR) is 103 cm³/mol. The zero-order chi connectivity index (χ0) is 16.6. The summed E-state index contributed by atoms with van der Waals surface area (Å²) in [6.45, 7) is 0. The number of aromatic nitrogens is 1. The molecule has 1 aromatic heterocycles. The van der Waals surface area contributed by atoms with Gasteiger partial charge in [-0.15, -0.1) is 23.1 Å². The Labute approximate surface area is 152 Å². The number of hydrogen-bond acceptors (Lipinski definition) is 4.